The summed E-state index contributed by atoms with van der Waals surface area (Å²) in [7, 11) is 0. The number of carbonyl (C=O) groups is 1. The minimum atomic E-state index is -0.208. The van der Waals surface area contributed by atoms with Crippen molar-refractivity contribution in [2.45, 2.75) is 46.3 Å². The zero-order valence-electron chi connectivity index (χ0n) is 16.4. The van der Waals surface area contributed by atoms with Crippen LogP contribution in [-0.2, 0) is 17.9 Å². The van der Waals surface area contributed by atoms with Crippen molar-refractivity contribution >= 4 is 5.91 Å². The molecule has 1 unspecified atom stereocenters. The summed E-state index contributed by atoms with van der Waals surface area (Å²) in [5, 5.41) is 4.23. The highest BCUT2D eigenvalue weighted by Gasteiger charge is 2.29. The van der Waals surface area contributed by atoms with E-state index in [1.54, 1.807) is 10.9 Å². The highest BCUT2D eigenvalue weighted by Crippen LogP contribution is 2.20. The molecule has 5 nitrogen and oxygen atoms in total. The van der Waals surface area contributed by atoms with Gasteiger partial charge >= 0.3 is 0 Å². The molecule has 146 valence electrons. The number of amides is 1. The van der Waals surface area contributed by atoms with E-state index in [2.05, 4.69) is 23.8 Å². The van der Waals surface area contributed by atoms with Gasteiger partial charge in [-0.15, -0.1) is 0 Å². The molecule has 0 N–H and O–H groups in total. The minimum absolute atomic E-state index is 0.118. The summed E-state index contributed by atoms with van der Waals surface area (Å²) in [6, 6.07) is 7.00. The van der Waals surface area contributed by atoms with Gasteiger partial charge in [0.15, 0.2) is 0 Å². The van der Waals surface area contributed by atoms with E-state index < -0.39 is 0 Å². The molecule has 3 rings (SSSR count). The molecule has 1 atom stereocenters. The summed E-state index contributed by atoms with van der Waals surface area (Å²) < 4.78 is 14.9. The SMILES string of the molecule is Cc1cnn(CC(=O)N2CCCN(Cc3ccc(F)cc3)C(C(C)C)C2)c1. The van der Waals surface area contributed by atoms with Gasteiger partial charge in [-0.3, -0.25) is 14.4 Å². The highest BCUT2D eigenvalue weighted by atomic mass is 19.1. The van der Waals surface area contributed by atoms with Crippen LogP contribution >= 0.6 is 0 Å². The van der Waals surface area contributed by atoms with Gasteiger partial charge in [-0.25, -0.2) is 4.39 Å². The molecule has 1 aliphatic rings. The molecule has 1 aromatic carbocycles. The second kappa shape index (κ2) is 8.65. The maximum absolute atomic E-state index is 13.2. The van der Waals surface area contributed by atoms with Crippen molar-refractivity contribution < 1.29 is 9.18 Å². The van der Waals surface area contributed by atoms with Gasteiger partial charge in [0, 0.05) is 38.4 Å². The summed E-state index contributed by atoms with van der Waals surface area (Å²) in [6.45, 7) is 9.87. The standard InChI is InChI=1S/C21H29FN4O/c1-16(2)20-14-25(21(27)15-26-12-17(3)11-23-26)10-4-9-24(20)13-18-5-7-19(22)8-6-18/h5-8,11-12,16,20H,4,9-10,13-15H2,1-3H3. The molecule has 1 fully saturated rings. The van der Waals surface area contributed by atoms with Crippen LogP contribution < -0.4 is 0 Å². The van der Waals surface area contributed by atoms with Crippen molar-refractivity contribution in [2.24, 2.45) is 5.92 Å². The first-order valence-electron chi connectivity index (χ1n) is 9.67. The average Bonchev–Trinajstić information content (AvgIpc) is 2.90. The Bertz CT molecular complexity index is 756. The van der Waals surface area contributed by atoms with Crippen molar-refractivity contribution in [2.75, 3.05) is 19.6 Å². The first-order valence-corrected chi connectivity index (χ1v) is 9.67. The molecular weight excluding hydrogens is 343 g/mol. The molecule has 6 heteroatoms. The van der Waals surface area contributed by atoms with Crippen LogP contribution in [0.4, 0.5) is 4.39 Å². The Balaban J connectivity index is 1.68. The lowest BCUT2D eigenvalue weighted by Crippen LogP contribution is -2.46. The van der Waals surface area contributed by atoms with E-state index in [1.807, 2.05) is 30.2 Å². The predicted molar refractivity (Wildman–Crippen MR) is 104 cm³/mol. The van der Waals surface area contributed by atoms with Crippen molar-refractivity contribution in [3.63, 3.8) is 0 Å². The van der Waals surface area contributed by atoms with Crippen molar-refractivity contribution in [3.05, 3.63) is 53.6 Å². The Morgan fingerprint density at radius 3 is 2.63 bits per heavy atom. The molecular formula is C21H29FN4O. The average molecular weight is 372 g/mol. The number of hydrogen-bond donors (Lipinski definition) is 0. The third-order valence-corrected chi connectivity index (χ3v) is 5.23. The quantitative estimate of drug-likeness (QED) is 0.810. The number of aryl methyl sites for hydroxylation is 1. The van der Waals surface area contributed by atoms with Gasteiger partial charge in [0.1, 0.15) is 12.4 Å². The van der Waals surface area contributed by atoms with Gasteiger partial charge in [-0.1, -0.05) is 26.0 Å². The van der Waals surface area contributed by atoms with Crippen LogP contribution in [0.2, 0.25) is 0 Å². The molecule has 0 aliphatic carbocycles. The van der Waals surface area contributed by atoms with Crippen LogP contribution in [0, 0.1) is 18.7 Å². The Morgan fingerprint density at radius 2 is 2.00 bits per heavy atom. The van der Waals surface area contributed by atoms with E-state index in [-0.39, 0.29) is 24.3 Å². The minimum Gasteiger partial charge on any atom is -0.339 e. The first-order chi connectivity index (χ1) is 12.9. The van der Waals surface area contributed by atoms with Crippen LogP contribution in [0.25, 0.3) is 0 Å². The molecule has 1 aliphatic heterocycles. The monoisotopic (exact) mass is 372 g/mol. The molecule has 0 radical (unpaired) electrons. The van der Waals surface area contributed by atoms with Gasteiger partial charge in [-0.05, 0) is 42.5 Å². The molecule has 1 amide bonds. The summed E-state index contributed by atoms with van der Waals surface area (Å²) in [5.74, 6) is 0.332. The lowest BCUT2D eigenvalue weighted by molar-refractivity contribution is -0.132. The van der Waals surface area contributed by atoms with E-state index in [0.29, 0.717) is 5.92 Å². The number of aromatic nitrogens is 2. The van der Waals surface area contributed by atoms with E-state index in [4.69, 9.17) is 0 Å². The van der Waals surface area contributed by atoms with Crippen molar-refractivity contribution in [3.8, 4) is 0 Å². The normalized spacial score (nSPS) is 18.7. The molecule has 2 heterocycles. The van der Waals surface area contributed by atoms with E-state index in [9.17, 15) is 9.18 Å². The molecule has 0 saturated carbocycles. The van der Waals surface area contributed by atoms with Gasteiger partial charge in [-0.2, -0.15) is 5.10 Å². The highest BCUT2D eigenvalue weighted by molar-refractivity contribution is 5.76. The maximum atomic E-state index is 13.2. The Hall–Kier alpha value is -2.21. The zero-order valence-corrected chi connectivity index (χ0v) is 16.4. The van der Waals surface area contributed by atoms with Crippen LogP contribution in [-0.4, -0.2) is 51.2 Å². The van der Waals surface area contributed by atoms with E-state index >= 15 is 0 Å². The van der Waals surface area contributed by atoms with Crippen LogP contribution in [0.1, 0.15) is 31.4 Å². The molecule has 0 bridgehead atoms. The Morgan fingerprint density at radius 1 is 1.26 bits per heavy atom. The van der Waals surface area contributed by atoms with E-state index in [0.717, 1.165) is 43.7 Å². The van der Waals surface area contributed by atoms with Gasteiger partial charge in [0.25, 0.3) is 0 Å². The Labute approximate surface area is 160 Å². The van der Waals surface area contributed by atoms with E-state index in [1.165, 1.54) is 12.1 Å². The fourth-order valence-corrected chi connectivity index (χ4v) is 3.73. The lowest BCUT2D eigenvalue weighted by Gasteiger charge is -2.34. The van der Waals surface area contributed by atoms with Gasteiger partial charge in [0.2, 0.25) is 5.91 Å². The molecule has 27 heavy (non-hydrogen) atoms. The molecule has 0 spiro atoms. The summed E-state index contributed by atoms with van der Waals surface area (Å²) in [6.07, 6.45) is 4.61. The van der Waals surface area contributed by atoms with Crippen molar-refractivity contribution in [1.82, 2.24) is 19.6 Å². The number of nitrogens with zero attached hydrogens (tertiary/aromatic N) is 4. The molecule has 2 aromatic rings. The third kappa shape index (κ3) is 5.16. The van der Waals surface area contributed by atoms with Gasteiger partial charge in [0.05, 0.1) is 6.20 Å². The van der Waals surface area contributed by atoms with Crippen LogP contribution in [0.15, 0.2) is 36.7 Å². The lowest BCUT2D eigenvalue weighted by atomic mass is 10.0. The number of hydrogen-bond acceptors (Lipinski definition) is 3. The zero-order chi connectivity index (χ0) is 19.4. The van der Waals surface area contributed by atoms with Crippen molar-refractivity contribution in [1.29, 1.82) is 0 Å². The topological polar surface area (TPSA) is 41.4 Å². The fraction of sp³-hybridized carbons (Fsp3) is 0.524. The largest absolute Gasteiger partial charge is 0.339 e. The number of rotatable bonds is 5. The van der Waals surface area contributed by atoms with Crippen LogP contribution in [0.3, 0.4) is 0 Å². The molecule has 1 saturated heterocycles. The molecule has 1 aromatic heterocycles. The second-order valence-electron chi connectivity index (χ2n) is 7.82. The number of carbonyl (C=O) groups excluding carboxylic acids is 1. The smallest absolute Gasteiger partial charge is 0.244 e. The fourth-order valence-electron chi connectivity index (χ4n) is 3.73. The van der Waals surface area contributed by atoms with Gasteiger partial charge < -0.3 is 4.90 Å². The number of benzene rings is 1. The summed E-state index contributed by atoms with van der Waals surface area (Å²) in [4.78, 5) is 17.2. The second-order valence-corrected chi connectivity index (χ2v) is 7.82. The third-order valence-electron chi connectivity index (χ3n) is 5.23. The maximum Gasteiger partial charge on any atom is 0.244 e. The van der Waals surface area contributed by atoms with Crippen LogP contribution in [0.5, 0.6) is 0 Å². The first kappa shape index (κ1) is 19.5. The predicted octanol–water partition coefficient (Wildman–Crippen LogP) is 3.09. The summed E-state index contributed by atoms with van der Waals surface area (Å²) in [5.41, 5.74) is 2.16. The Kier molecular flexibility index (Phi) is 6.26. The summed E-state index contributed by atoms with van der Waals surface area (Å²) >= 11 is 0. The number of halogens is 1.